The number of ketones is 2. The van der Waals surface area contributed by atoms with Crippen LogP contribution in [0.5, 0.6) is 0 Å². The van der Waals surface area contributed by atoms with E-state index in [1.165, 1.54) is 18.7 Å². The summed E-state index contributed by atoms with van der Waals surface area (Å²) in [6, 6.07) is 17.2. The lowest BCUT2D eigenvalue weighted by Crippen LogP contribution is -2.07. The van der Waals surface area contributed by atoms with Crippen molar-refractivity contribution in [3.63, 3.8) is 0 Å². The second-order valence-corrected chi connectivity index (χ2v) is 7.44. The van der Waals surface area contributed by atoms with Gasteiger partial charge in [0.2, 0.25) is 0 Å². The van der Waals surface area contributed by atoms with Crippen molar-refractivity contribution in [3.05, 3.63) is 84.6 Å². The SMILES string of the molecule is C=CCn1c(SCC(=O)Cc2ccc(C(C)=O)cc2)cnc1-c1ccccc1. The Morgan fingerprint density at radius 1 is 1.11 bits per heavy atom. The highest BCUT2D eigenvalue weighted by Crippen LogP contribution is 2.26. The third kappa shape index (κ3) is 4.87. The van der Waals surface area contributed by atoms with Crippen LogP contribution in [0.1, 0.15) is 22.8 Å². The molecule has 0 spiro atoms. The number of hydrogen-bond donors (Lipinski definition) is 0. The van der Waals surface area contributed by atoms with Gasteiger partial charge in [0.25, 0.3) is 0 Å². The van der Waals surface area contributed by atoms with Crippen LogP contribution in [0.4, 0.5) is 0 Å². The molecule has 142 valence electrons. The van der Waals surface area contributed by atoms with Gasteiger partial charge in [0, 0.05) is 24.1 Å². The molecule has 0 atom stereocenters. The molecule has 1 aromatic heterocycles. The molecule has 0 N–H and O–H groups in total. The largest absolute Gasteiger partial charge is 0.315 e. The number of allylic oxidation sites excluding steroid dienone is 1. The number of carbonyl (C=O) groups is 2. The second-order valence-electron chi connectivity index (χ2n) is 6.44. The minimum absolute atomic E-state index is 0.0260. The molecule has 0 aliphatic heterocycles. The average Bonchev–Trinajstić information content (AvgIpc) is 3.10. The molecule has 0 aliphatic carbocycles. The van der Waals surface area contributed by atoms with Crippen molar-refractivity contribution in [3.8, 4) is 11.4 Å². The number of hydrogen-bond acceptors (Lipinski definition) is 4. The lowest BCUT2D eigenvalue weighted by Gasteiger charge is -2.09. The quantitative estimate of drug-likeness (QED) is 0.298. The summed E-state index contributed by atoms with van der Waals surface area (Å²) in [7, 11) is 0. The molecule has 2 aromatic carbocycles. The van der Waals surface area contributed by atoms with Crippen LogP contribution < -0.4 is 0 Å². The lowest BCUT2D eigenvalue weighted by atomic mass is 10.1. The van der Waals surface area contributed by atoms with E-state index in [4.69, 9.17) is 0 Å². The van der Waals surface area contributed by atoms with Gasteiger partial charge in [0.15, 0.2) is 5.78 Å². The van der Waals surface area contributed by atoms with E-state index in [2.05, 4.69) is 16.1 Å². The molecule has 0 aliphatic rings. The number of thioether (sulfide) groups is 1. The van der Waals surface area contributed by atoms with Crippen LogP contribution in [0.25, 0.3) is 11.4 Å². The van der Waals surface area contributed by atoms with Gasteiger partial charge in [-0.1, -0.05) is 72.4 Å². The van der Waals surface area contributed by atoms with Crippen LogP contribution in [-0.4, -0.2) is 26.9 Å². The Labute approximate surface area is 169 Å². The smallest absolute Gasteiger partial charge is 0.159 e. The van der Waals surface area contributed by atoms with Crippen LogP contribution >= 0.6 is 11.8 Å². The van der Waals surface area contributed by atoms with Crippen molar-refractivity contribution in [2.45, 2.75) is 24.9 Å². The highest BCUT2D eigenvalue weighted by molar-refractivity contribution is 7.99. The number of carbonyl (C=O) groups excluding carboxylic acids is 2. The van der Waals surface area contributed by atoms with Gasteiger partial charge < -0.3 is 4.57 Å². The number of Topliss-reactive ketones (excluding diaryl/α,β-unsaturated/α-hetero) is 2. The first-order valence-electron chi connectivity index (χ1n) is 9.04. The highest BCUT2D eigenvalue weighted by atomic mass is 32.2. The lowest BCUT2D eigenvalue weighted by molar-refractivity contribution is -0.116. The maximum absolute atomic E-state index is 12.4. The molecule has 4 nitrogen and oxygen atoms in total. The van der Waals surface area contributed by atoms with E-state index in [9.17, 15) is 9.59 Å². The summed E-state index contributed by atoms with van der Waals surface area (Å²) in [6.45, 7) is 6.00. The zero-order valence-corrected chi connectivity index (χ0v) is 16.6. The molecule has 28 heavy (non-hydrogen) atoms. The number of benzene rings is 2. The number of imidazole rings is 1. The van der Waals surface area contributed by atoms with Crippen molar-refractivity contribution in [1.82, 2.24) is 9.55 Å². The highest BCUT2D eigenvalue weighted by Gasteiger charge is 2.13. The van der Waals surface area contributed by atoms with Crippen molar-refractivity contribution in [2.24, 2.45) is 0 Å². The summed E-state index contributed by atoms with van der Waals surface area (Å²) in [5, 5.41) is 0.944. The minimum atomic E-state index is 0.0260. The minimum Gasteiger partial charge on any atom is -0.315 e. The number of rotatable bonds is 9. The number of aromatic nitrogens is 2. The van der Waals surface area contributed by atoms with Crippen LogP contribution in [0.15, 0.2) is 78.5 Å². The first kappa shape index (κ1) is 19.8. The zero-order valence-electron chi connectivity index (χ0n) is 15.8. The van der Waals surface area contributed by atoms with Gasteiger partial charge in [-0.25, -0.2) is 4.98 Å². The Morgan fingerprint density at radius 3 is 2.46 bits per heavy atom. The average molecular weight is 391 g/mol. The molecule has 0 saturated heterocycles. The van der Waals surface area contributed by atoms with Crippen molar-refractivity contribution >= 4 is 23.3 Å². The molecule has 3 aromatic rings. The first-order valence-corrected chi connectivity index (χ1v) is 10.0. The fraction of sp³-hybridized carbons (Fsp3) is 0.174. The summed E-state index contributed by atoms with van der Waals surface area (Å²) in [5.74, 6) is 1.40. The first-order chi connectivity index (χ1) is 13.6. The van der Waals surface area contributed by atoms with Gasteiger partial charge in [0.1, 0.15) is 11.6 Å². The molecule has 0 unspecified atom stereocenters. The Morgan fingerprint density at radius 2 is 1.82 bits per heavy atom. The summed E-state index contributed by atoms with van der Waals surface area (Å²) in [6.07, 6.45) is 3.99. The summed E-state index contributed by atoms with van der Waals surface area (Å²) in [4.78, 5) is 28.3. The Bertz CT molecular complexity index is 976. The molecule has 1 heterocycles. The van der Waals surface area contributed by atoms with Crippen molar-refractivity contribution in [2.75, 3.05) is 5.75 Å². The van der Waals surface area contributed by atoms with Crippen LogP contribution in [0.2, 0.25) is 0 Å². The van der Waals surface area contributed by atoms with E-state index < -0.39 is 0 Å². The molecule has 0 amide bonds. The van der Waals surface area contributed by atoms with E-state index in [0.29, 0.717) is 24.3 Å². The van der Waals surface area contributed by atoms with Gasteiger partial charge >= 0.3 is 0 Å². The van der Waals surface area contributed by atoms with E-state index in [1.54, 1.807) is 12.1 Å². The summed E-state index contributed by atoms with van der Waals surface area (Å²) >= 11 is 1.49. The van der Waals surface area contributed by atoms with Gasteiger partial charge in [-0.2, -0.15) is 0 Å². The molecule has 0 radical (unpaired) electrons. The maximum atomic E-state index is 12.4. The molecule has 0 bridgehead atoms. The topological polar surface area (TPSA) is 52.0 Å². The standard InChI is InChI=1S/C23H22N2O2S/c1-3-13-25-22(15-24-23(25)20-7-5-4-6-8-20)28-16-21(27)14-18-9-11-19(12-10-18)17(2)26/h3-12,15H,1,13-14,16H2,2H3. The molecule has 5 heteroatoms. The van der Waals surface area contributed by atoms with E-state index in [-0.39, 0.29) is 11.6 Å². The van der Waals surface area contributed by atoms with Crippen LogP contribution in [-0.2, 0) is 17.8 Å². The summed E-state index contributed by atoms with van der Waals surface area (Å²) < 4.78 is 2.07. The third-order valence-corrected chi connectivity index (χ3v) is 5.39. The van der Waals surface area contributed by atoms with Crippen LogP contribution in [0.3, 0.4) is 0 Å². The van der Waals surface area contributed by atoms with E-state index >= 15 is 0 Å². The Kier molecular flexibility index (Phi) is 6.61. The molecule has 3 rings (SSSR count). The fourth-order valence-electron chi connectivity index (χ4n) is 2.89. The fourth-order valence-corrected chi connectivity index (χ4v) is 3.74. The normalized spacial score (nSPS) is 10.6. The third-order valence-electron chi connectivity index (χ3n) is 4.31. The molecular weight excluding hydrogens is 368 g/mol. The molecule has 0 fully saturated rings. The van der Waals surface area contributed by atoms with Crippen molar-refractivity contribution in [1.29, 1.82) is 0 Å². The second kappa shape index (κ2) is 9.33. The Balaban J connectivity index is 1.66. The predicted molar refractivity (Wildman–Crippen MR) is 114 cm³/mol. The predicted octanol–water partition coefficient (Wildman–Crippen LogP) is 4.84. The monoisotopic (exact) mass is 390 g/mol. The maximum Gasteiger partial charge on any atom is 0.159 e. The van der Waals surface area contributed by atoms with Gasteiger partial charge in [-0.05, 0) is 12.5 Å². The van der Waals surface area contributed by atoms with Gasteiger partial charge in [0.05, 0.1) is 17.0 Å². The Hall–Kier alpha value is -2.92. The van der Waals surface area contributed by atoms with E-state index in [1.807, 2.05) is 54.7 Å². The summed E-state index contributed by atoms with van der Waals surface area (Å²) in [5.41, 5.74) is 2.61. The molecular formula is C23H22N2O2S. The zero-order chi connectivity index (χ0) is 19.9. The number of nitrogens with zero attached hydrogens (tertiary/aromatic N) is 2. The van der Waals surface area contributed by atoms with Crippen molar-refractivity contribution < 1.29 is 9.59 Å². The van der Waals surface area contributed by atoms with E-state index in [0.717, 1.165) is 22.0 Å². The van der Waals surface area contributed by atoms with Gasteiger partial charge in [-0.3, -0.25) is 9.59 Å². The van der Waals surface area contributed by atoms with Crippen LogP contribution in [0, 0.1) is 0 Å². The van der Waals surface area contributed by atoms with Gasteiger partial charge in [-0.15, -0.1) is 6.58 Å². The molecule has 0 saturated carbocycles.